The third-order valence-electron chi connectivity index (χ3n) is 6.38. The van der Waals surface area contributed by atoms with E-state index in [-0.39, 0.29) is 17.7 Å². The van der Waals surface area contributed by atoms with Crippen LogP contribution in [0, 0.1) is 0 Å². The van der Waals surface area contributed by atoms with Crippen LogP contribution in [0.15, 0.2) is 72.8 Å². The molecule has 0 spiro atoms. The monoisotopic (exact) mass is 472 g/mol. The highest BCUT2D eigenvalue weighted by Gasteiger charge is 2.26. The van der Waals surface area contributed by atoms with Gasteiger partial charge in [-0.25, -0.2) is 0 Å². The van der Waals surface area contributed by atoms with Crippen LogP contribution in [0.2, 0.25) is 0 Å². The van der Waals surface area contributed by atoms with Gasteiger partial charge in [0.05, 0.1) is 13.7 Å². The molecule has 1 atom stereocenters. The minimum atomic E-state index is -0.125. The van der Waals surface area contributed by atoms with Gasteiger partial charge >= 0.3 is 0 Å². The van der Waals surface area contributed by atoms with Crippen LogP contribution in [0.5, 0.6) is 11.5 Å². The summed E-state index contributed by atoms with van der Waals surface area (Å²) in [6.07, 6.45) is 1.91. The molecule has 35 heavy (non-hydrogen) atoms. The largest absolute Gasteiger partial charge is 0.497 e. The number of likely N-dealkylation sites (tertiary alicyclic amines) is 1. The summed E-state index contributed by atoms with van der Waals surface area (Å²) in [6.45, 7) is 4.29. The van der Waals surface area contributed by atoms with Gasteiger partial charge in [-0.2, -0.15) is 0 Å². The molecule has 0 aromatic heterocycles. The number of benzene rings is 3. The van der Waals surface area contributed by atoms with E-state index >= 15 is 0 Å². The fourth-order valence-corrected chi connectivity index (χ4v) is 4.51. The molecule has 0 saturated carbocycles. The lowest BCUT2D eigenvalue weighted by molar-refractivity contribution is 0.0706. The van der Waals surface area contributed by atoms with Gasteiger partial charge in [0.1, 0.15) is 11.5 Å². The highest BCUT2D eigenvalue weighted by molar-refractivity contribution is 5.95. The Hall–Kier alpha value is -3.80. The van der Waals surface area contributed by atoms with Crippen LogP contribution in [-0.2, 0) is 6.54 Å². The topological polar surface area (TPSA) is 67.9 Å². The molecule has 1 fully saturated rings. The Labute approximate surface area is 206 Å². The predicted molar refractivity (Wildman–Crippen MR) is 136 cm³/mol. The molecule has 0 radical (unpaired) electrons. The zero-order chi connectivity index (χ0) is 24.6. The van der Waals surface area contributed by atoms with Crippen LogP contribution in [0.3, 0.4) is 0 Å². The van der Waals surface area contributed by atoms with E-state index in [1.165, 1.54) is 0 Å². The first-order valence-electron chi connectivity index (χ1n) is 12.1. The summed E-state index contributed by atoms with van der Waals surface area (Å²) in [7, 11) is 1.61. The molecule has 1 aliphatic heterocycles. The van der Waals surface area contributed by atoms with Crippen molar-refractivity contribution in [1.82, 2.24) is 10.2 Å². The minimum Gasteiger partial charge on any atom is -0.497 e. The Balaban J connectivity index is 1.41. The standard InChI is InChI=1S/C29H32N2O4/c1-3-35-27-12-5-4-8-24(27)19-30-28(32)23-10-6-9-22(18-23)25-11-7-17-31(20-25)29(33)21-13-15-26(34-2)16-14-21/h4-6,8-10,12-16,18,25H,3,7,11,17,19-20H2,1-2H3,(H,30,32)/t25-/m0/s1. The van der Waals surface area contributed by atoms with Gasteiger partial charge in [0.2, 0.25) is 0 Å². The van der Waals surface area contributed by atoms with Crippen molar-refractivity contribution < 1.29 is 19.1 Å². The molecule has 1 aliphatic rings. The molecule has 1 heterocycles. The second-order valence-electron chi connectivity index (χ2n) is 8.67. The van der Waals surface area contributed by atoms with Crippen LogP contribution in [0.4, 0.5) is 0 Å². The molecule has 4 rings (SSSR count). The van der Waals surface area contributed by atoms with Gasteiger partial charge in [0.15, 0.2) is 0 Å². The van der Waals surface area contributed by atoms with Crippen LogP contribution < -0.4 is 14.8 Å². The number of hydrogen-bond acceptors (Lipinski definition) is 4. The third kappa shape index (κ3) is 6.01. The highest BCUT2D eigenvalue weighted by atomic mass is 16.5. The van der Waals surface area contributed by atoms with E-state index < -0.39 is 0 Å². The molecule has 0 aliphatic carbocycles. The zero-order valence-corrected chi connectivity index (χ0v) is 20.3. The van der Waals surface area contributed by atoms with Crippen LogP contribution >= 0.6 is 0 Å². The molecular formula is C29H32N2O4. The zero-order valence-electron chi connectivity index (χ0n) is 20.3. The van der Waals surface area contributed by atoms with Gasteiger partial charge < -0.3 is 19.7 Å². The number of piperidine rings is 1. The first-order valence-corrected chi connectivity index (χ1v) is 12.1. The number of rotatable bonds is 8. The number of ether oxygens (including phenoxy) is 2. The maximum Gasteiger partial charge on any atom is 0.253 e. The SMILES string of the molecule is CCOc1ccccc1CNC(=O)c1cccc([C@H]2CCCN(C(=O)c3ccc(OC)cc3)C2)c1. The summed E-state index contributed by atoms with van der Waals surface area (Å²) in [5, 5.41) is 3.01. The number of carbonyl (C=O) groups excluding carboxylic acids is 2. The summed E-state index contributed by atoms with van der Waals surface area (Å²) in [6, 6.07) is 22.7. The average molecular weight is 473 g/mol. The summed E-state index contributed by atoms with van der Waals surface area (Å²) in [4.78, 5) is 27.9. The molecule has 1 N–H and O–H groups in total. The Morgan fingerprint density at radius 3 is 2.57 bits per heavy atom. The van der Waals surface area contributed by atoms with Crippen molar-refractivity contribution in [3.05, 3.63) is 95.1 Å². The van der Waals surface area contributed by atoms with Crippen molar-refractivity contribution in [2.45, 2.75) is 32.2 Å². The van der Waals surface area contributed by atoms with Crippen molar-refractivity contribution in [2.24, 2.45) is 0 Å². The number of nitrogens with one attached hydrogen (secondary N) is 1. The van der Waals surface area contributed by atoms with Crippen LogP contribution in [-0.4, -0.2) is 43.5 Å². The number of methoxy groups -OCH3 is 1. The number of para-hydroxylation sites is 1. The average Bonchev–Trinajstić information content (AvgIpc) is 2.92. The van der Waals surface area contributed by atoms with Crippen molar-refractivity contribution >= 4 is 11.8 Å². The molecule has 6 heteroatoms. The normalized spacial score (nSPS) is 15.4. The van der Waals surface area contributed by atoms with Crippen molar-refractivity contribution in [3.8, 4) is 11.5 Å². The smallest absolute Gasteiger partial charge is 0.253 e. The van der Waals surface area contributed by atoms with Crippen molar-refractivity contribution in [2.75, 3.05) is 26.8 Å². The summed E-state index contributed by atoms with van der Waals surface area (Å²) < 4.78 is 10.9. The van der Waals surface area contributed by atoms with E-state index in [1.54, 1.807) is 19.2 Å². The van der Waals surface area contributed by atoms with Crippen molar-refractivity contribution in [1.29, 1.82) is 0 Å². The maximum atomic E-state index is 13.1. The first-order chi connectivity index (χ1) is 17.1. The number of carbonyl (C=O) groups is 2. The predicted octanol–water partition coefficient (Wildman–Crippen LogP) is 5.04. The Bertz CT molecular complexity index is 1160. The lowest BCUT2D eigenvalue weighted by Crippen LogP contribution is -2.39. The number of hydrogen-bond donors (Lipinski definition) is 1. The van der Waals surface area contributed by atoms with Crippen molar-refractivity contribution in [3.63, 3.8) is 0 Å². The van der Waals surface area contributed by atoms with Crippen LogP contribution in [0.1, 0.15) is 57.5 Å². The fraction of sp³-hybridized carbons (Fsp3) is 0.310. The molecular weight excluding hydrogens is 440 g/mol. The quantitative estimate of drug-likeness (QED) is 0.499. The Kier molecular flexibility index (Phi) is 8.03. The second kappa shape index (κ2) is 11.6. The Morgan fingerprint density at radius 2 is 1.80 bits per heavy atom. The maximum absolute atomic E-state index is 13.1. The third-order valence-corrected chi connectivity index (χ3v) is 6.38. The van der Waals surface area contributed by atoms with E-state index in [9.17, 15) is 9.59 Å². The first kappa shape index (κ1) is 24.3. The molecule has 0 unspecified atom stereocenters. The molecule has 1 saturated heterocycles. The van der Waals surface area contributed by atoms with E-state index in [0.29, 0.717) is 30.8 Å². The van der Waals surface area contributed by atoms with Gasteiger partial charge in [-0.1, -0.05) is 30.3 Å². The second-order valence-corrected chi connectivity index (χ2v) is 8.67. The Morgan fingerprint density at radius 1 is 1.00 bits per heavy atom. The molecule has 2 amide bonds. The lowest BCUT2D eigenvalue weighted by Gasteiger charge is -2.33. The molecule has 0 bridgehead atoms. The molecule has 3 aromatic rings. The highest BCUT2D eigenvalue weighted by Crippen LogP contribution is 2.29. The van der Waals surface area contributed by atoms with E-state index in [4.69, 9.17) is 9.47 Å². The number of nitrogens with zero attached hydrogens (tertiary/aromatic N) is 1. The molecule has 3 aromatic carbocycles. The van der Waals surface area contributed by atoms with Gasteiger partial charge in [-0.3, -0.25) is 9.59 Å². The van der Waals surface area contributed by atoms with E-state index in [1.807, 2.05) is 72.5 Å². The summed E-state index contributed by atoms with van der Waals surface area (Å²) in [5.74, 6) is 1.61. The van der Waals surface area contributed by atoms with E-state index in [0.717, 1.165) is 42.0 Å². The fourth-order valence-electron chi connectivity index (χ4n) is 4.51. The van der Waals surface area contributed by atoms with Gasteiger partial charge in [0, 0.05) is 42.2 Å². The van der Waals surface area contributed by atoms with E-state index in [2.05, 4.69) is 5.32 Å². The minimum absolute atomic E-state index is 0.0271. The summed E-state index contributed by atoms with van der Waals surface area (Å²) >= 11 is 0. The summed E-state index contributed by atoms with van der Waals surface area (Å²) in [5.41, 5.74) is 3.31. The molecule has 6 nitrogen and oxygen atoms in total. The van der Waals surface area contributed by atoms with Gasteiger partial charge in [0.25, 0.3) is 11.8 Å². The van der Waals surface area contributed by atoms with Crippen LogP contribution in [0.25, 0.3) is 0 Å². The lowest BCUT2D eigenvalue weighted by atomic mass is 9.89. The number of amides is 2. The molecule has 182 valence electrons. The van der Waals surface area contributed by atoms with Gasteiger partial charge in [-0.05, 0) is 67.8 Å². The van der Waals surface area contributed by atoms with Gasteiger partial charge in [-0.15, -0.1) is 0 Å².